The predicted octanol–water partition coefficient (Wildman–Crippen LogP) is 2.15. The Bertz CT molecular complexity index is 531. The van der Waals surface area contributed by atoms with Crippen LogP contribution in [0.15, 0.2) is 6.07 Å². The van der Waals surface area contributed by atoms with E-state index in [1.807, 2.05) is 13.8 Å². The van der Waals surface area contributed by atoms with Crippen LogP contribution < -0.4 is 4.90 Å². The Morgan fingerprint density at radius 3 is 2.80 bits per heavy atom. The van der Waals surface area contributed by atoms with Crippen LogP contribution in [-0.2, 0) is 24.9 Å². The lowest BCUT2D eigenvalue weighted by atomic mass is 9.80. The highest BCUT2D eigenvalue weighted by atomic mass is 16.3. The van der Waals surface area contributed by atoms with Gasteiger partial charge in [0.25, 0.3) is 0 Å². The number of aryl methyl sites for hydroxylation is 1. The molecule has 0 bridgehead atoms. The fraction of sp³-hybridized carbons (Fsp3) is 0.647. The van der Waals surface area contributed by atoms with Gasteiger partial charge in [-0.25, -0.2) is 0 Å². The van der Waals surface area contributed by atoms with Crippen molar-refractivity contribution in [1.82, 2.24) is 0 Å². The first-order valence-electron chi connectivity index (χ1n) is 7.75. The van der Waals surface area contributed by atoms with E-state index >= 15 is 0 Å². The van der Waals surface area contributed by atoms with Crippen molar-refractivity contribution in [1.29, 1.82) is 0 Å². The van der Waals surface area contributed by atoms with E-state index in [1.165, 1.54) is 22.4 Å². The molecule has 2 N–H and O–H groups in total. The van der Waals surface area contributed by atoms with Crippen molar-refractivity contribution in [2.75, 3.05) is 18.0 Å². The number of aliphatic hydroxyl groups excluding tert-OH is 1. The lowest BCUT2D eigenvalue weighted by molar-refractivity contribution is 0.0772. The Morgan fingerprint density at radius 2 is 2.15 bits per heavy atom. The van der Waals surface area contributed by atoms with Crippen molar-refractivity contribution < 1.29 is 10.2 Å². The standard InChI is InChI=1S/C17H25NO2/c1-4-13-14-9-12(19)10-18-7-5-6-11(16(14)18)8-15(13)17(2,3)20/h8,12,19-20H,4-7,9-10H2,1-3H3. The summed E-state index contributed by atoms with van der Waals surface area (Å²) in [6.07, 6.45) is 3.57. The van der Waals surface area contributed by atoms with Crippen LogP contribution in [0, 0.1) is 0 Å². The summed E-state index contributed by atoms with van der Waals surface area (Å²) in [5.74, 6) is 0. The van der Waals surface area contributed by atoms with Crippen LogP contribution in [0.25, 0.3) is 0 Å². The summed E-state index contributed by atoms with van der Waals surface area (Å²) in [5, 5.41) is 20.7. The van der Waals surface area contributed by atoms with E-state index in [1.54, 1.807) is 0 Å². The normalized spacial score (nSPS) is 21.9. The Hall–Kier alpha value is -1.06. The molecule has 3 heteroatoms. The van der Waals surface area contributed by atoms with Gasteiger partial charge in [-0.2, -0.15) is 0 Å². The van der Waals surface area contributed by atoms with Gasteiger partial charge in [-0.05, 0) is 55.4 Å². The maximum Gasteiger partial charge on any atom is 0.0843 e. The molecule has 1 aromatic rings. The summed E-state index contributed by atoms with van der Waals surface area (Å²) in [7, 11) is 0. The second-order valence-electron chi connectivity index (χ2n) is 6.71. The number of nitrogens with zero attached hydrogens (tertiary/aromatic N) is 1. The number of rotatable bonds is 2. The van der Waals surface area contributed by atoms with E-state index in [0.29, 0.717) is 0 Å². The Balaban J connectivity index is 2.25. The molecule has 20 heavy (non-hydrogen) atoms. The number of benzene rings is 1. The molecule has 110 valence electrons. The van der Waals surface area contributed by atoms with Crippen molar-refractivity contribution in [3.63, 3.8) is 0 Å². The molecule has 1 aromatic carbocycles. The Morgan fingerprint density at radius 1 is 1.40 bits per heavy atom. The van der Waals surface area contributed by atoms with Gasteiger partial charge in [-0.1, -0.05) is 13.0 Å². The number of aliphatic hydroxyl groups is 2. The van der Waals surface area contributed by atoms with E-state index in [9.17, 15) is 10.2 Å². The van der Waals surface area contributed by atoms with Gasteiger partial charge in [0.15, 0.2) is 0 Å². The third-order valence-electron chi connectivity index (χ3n) is 4.67. The van der Waals surface area contributed by atoms with Crippen LogP contribution in [0.1, 0.15) is 49.4 Å². The number of hydrogen-bond donors (Lipinski definition) is 2. The lowest BCUT2D eigenvalue weighted by Crippen LogP contribution is -2.42. The molecular formula is C17H25NO2. The third-order valence-corrected chi connectivity index (χ3v) is 4.67. The zero-order valence-corrected chi connectivity index (χ0v) is 12.7. The molecule has 2 aliphatic heterocycles. The highest BCUT2D eigenvalue weighted by molar-refractivity contribution is 5.68. The molecule has 3 nitrogen and oxygen atoms in total. The fourth-order valence-corrected chi connectivity index (χ4v) is 3.89. The van der Waals surface area contributed by atoms with Gasteiger partial charge in [-0.3, -0.25) is 0 Å². The minimum atomic E-state index is -0.818. The van der Waals surface area contributed by atoms with Crippen molar-refractivity contribution in [2.24, 2.45) is 0 Å². The zero-order chi connectivity index (χ0) is 14.5. The van der Waals surface area contributed by atoms with Crippen molar-refractivity contribution in [2.45, 2.75) is 58.2 Å². The van der Waals surface area contributed by atoms with Gasteiger partial charge in [0.1, 0.15) is 0 Å². The minimum Gasteiger partial charge on any atom is -0.391 e. The van der Waals surface area contributed by atoms with Crippen LogP contribution >= 0.6 is 0 Å². The molecule has 0 amide bonds. The largest absolute Gasteiger partial charge is 0.391 e. The predicted molar refractivity (Wildman–Crippen MR) is 81.3 cm³/mol. The summed E-state index contributed by atoms with van der Waals surface area (Å²) in [6, 6.07) is 2.21. The summed E-state index contributed by atoms with van der Waals surface area (Å²) < 4.78 is 0. The molecule has 2 aliphatic rings. The van der Waals surface area contributed by atoms with Crippen LogP contribution in [0.4, 0.5) is 5.69 Å². The molecule has 0 radical (unpaired) electrons. The second-order valence-corrected chi connectivity index (χ2v) is 6.71. The topological polar surface area (TPSA) is 43.7 Å². The highest BCUT2D eigenvalue weighted by Gasteiger charge is 2.33. The van der Waals surface area contributed by atoms with Crippen molar-refractivity contribution in [3.8, 4) is 0 Å². The Kier molecular flexibility index (Phi) is 3.30. The molecule has 1 unspecified atom stereocenters. The van der Waals surface area contributed by atoms with Crippen molar-refractivity contribution >= 4 is 5.69 Å². The fourth-order valence-electron chi connectivity index (χ4n) is 3.89. The van der Waals surface area contributed by atoms with Crippen molar-refractivity contribution in [3.05, 3.63) is 28.3 Å². The first kappa shape index (κ1) is 13.9. The Labute approximate surface area is 121 Å². The van der Waals surface area contributed by atoms with Gasteiger partial charge in [0, 0.05) is 25.2 Å². The first-order chi connectivity index (χ1) is 9.41. The monoisotopic (exact) mass is 275 g/mol. The van der Waals surface area contributed by atoms with Crippen LogP contribution in [0.3, 0.4) is 0 Å². The average molecular weight is 275 g/mol. The molecule has 2 heterocycles. The van der Waals surface area contributed by atoms with Gasteiger partial charge in [0.05, 0.1) is 11.7 Å². The summed E-state index contributed by atoms with van der Waals surface area (Å²) in [4.78, 5) is 2.34. The minimum absolute atomic E-state index is 0.282. The number of anilines is 1. The van der Waals surface area contributed by atoms with E-state index in [2.05, 4.69) is 17.9 Å². The zero-order valence-electron chi connectivity index (χ0n) is 12.7. The van der Waals surface area contributed by atoms with Gasteiger partial charge < -0.3 is 15.1 Å². The van der Waals surface area contributed by atoms with Gasteiger partial charge in [0.2, 0.25) is 0 Å². The molecule has 0 aliphatic carbocycles. The maximum absolute atomic E-state index is 10.5. The molecule has 1 atom stereocenters. The van der Waals surface area contributed by atoms with E-state index in [0.717, 1.165) is 44.3 Å². The smallest absolute Gasteiger partial charge is 0.0843 e. The van der Waals surface area contributed by atoms with Gasteiger partial charge >= 0.3 is 0 Å². The molecule has 0 saturated carbocycles. The summed E-state index contributed by atoms with van der Waals surface area (Å²) in [6.45, 7) is 7.66. The van der Waals surface area contributed by atoms with E-state index < -0.39 is 5.60 Å². The first-order valence-corrected chi connectivity index (χ1v) is 7.75. The number of hydrogen-bond acceptors (Lipinski definition) is 3. The average Bonchev–Trinajstić information content (AvgIpc) is 2.37. The van der Waals surface area contributed by atoms with E-state index in [-0.39, 0.29) is 6.10 Å². The van der Waals surface area contributed by atoms with Gasteiger partial charge in [-0.15, -0.1) is 0 Å². The molecule has 0 aromatic heterocycles. The second kappa shape index (κ2) is 4.74. The third kappa shape index (κ3) is 2.13. The van der Waals surface area contributed by atoms with Crippen LogP contribution in [-0.4, -0.2) is 29.4 Å². The summed E-state index contributed by atoms with van der Waals surface area (Å²) >= 11 is 0. The lowest BCUT2D eigenvalue weighted by Gasteiger charge is -2.41. The van der Waals surface area contributed by atoms with Crippen LogP contribution in [0.2, 0.25) is 0 Å². The van der Waals surface area contributed by atoms with Crippen LogP contribution in [0.5, 0.6) is 0 Å². The maximum atomic E-state index is 10.5. The SMILES string of the molecule is CCc1c(C(C)(C)O)cc2c3c1CC(O)CN3CCC2. The molecule has 3 rings (SSSR count). The highest BCUT2D eigenvalue weighted by Crippen LogP contribution is 2.41. The molecule has 0 spiro atoms. The molecule has 0 saturated heterocycles. The van der Waals surface area contributed by atoms with E-state index in [4.69, 9.17) is 0 Å². The molecule has 0 fully saturated rings. The summed E-state index contributed by atoms with van der Waals surface area (Å²) in [5.41, 5.74) is 5.45. The quantitative estimate of drug-likeness (QED) is 0.869. The molecular weight excluding hydrogens is 250 g/mol.